The number of esters is 1. The highest BCUT2D eigenvalue weighted by Crippen LogP contribution is 2.21. The molecule has 0 unspecified atom stereocenters. The van der Waals surface area contributed by atoms with Crippen molar-refractivity contribution in [3.8, 4) is 5.75 Å². The molecule has 1 aromatic carbocycles. The second kappa shape index (κ2) is 9.85. The molecule has 2 N–H and O–H groups in total. The first-order chi connectivity index (χ1) is 11.7. The predicted octanol–water partition coefficient (Wildman–Crippen LogP) is 1.51. The maximum Gasteiger partial charge on any atom is 0.350 e. The number of halogens is 1. The van der Waals surface area contributed by atoms with Gasteiger partial charge >= 0.3 is 12.0 Å². The van der Waals surface area contributed by atoms with Gasteiger partial charge < -0.3 is 19.5 Å². The Hall–Kier alpha value is -2.32. The molecule has 0 saturated carbocycles. The number of imide groups is 1. The van der Waals surface area contributed by atoms with E-state index >= 15 is 0 Å². The van der Waals surface area contributed by atoms with E-state index in [1.807, 2.05) is 5.32 Å². The van der Waals surface area contributed by atoms with Crippen LogP contribution in [0.2, 0.25) is 5.02 Å². The fraction of sp³-hybridized carbons (Fsp3) is 0.438. The van der Waals surface area contributed by atoms with Gasteiger partial charge in [0.1, 0.15) is 5.75 Å². The number of methoxy groups -OCH3 is 1. The van der Waals surface area contributed by atoms with Crippen LogP contribution in [0.1, 0.15) is 13.8 Å². The highest BCUT2D eigenvalue weighted by molar-refractivity contribution is 6.30. The van der Waals surface area contributed by atoms with Crippen LogP contribution < -0.4 is 15.4 Å². The summed E-state index contributed by atoms with van der Waals surface area (Å²) in [5, 5.41) is 4.96. The van der Waals surface area contributed by atoms with Gasteiger partial charge in [-0.15, -0.1) is 0 Å². The van der Waals surface area contributed by atoms with Gasteiger partial charge in [-0.05, 0) is 38.1 Å². The summed E-state index contributed by atoms with van der Waals surface area (Å²) in [6.45, 7) is 2.95. The van der Waals surface area contributed by atoms with Gasteiger partial charge in [0.2, 0.25) is 0 Å². The molecule has 0 aromatic heterocycles. The van der Waals surface area contributed by atoms with E-state index in [4.69, 9.17) is 25.8 Å². The largest absolute Gasteiger partial charge is 0.476 e. The first-order valence-corrected chi connectivity index (χ1v) is 7.81. The molecule has 0 aliphatic heterocycles. The van der Waals surface area contributed by atoms with Crippen molar-refractivity contribution < 1.29 is 28.6 Å². The second-order valence-corrected chi connectivity index (χ2v) is 5.88. The number of ether oxygens (including phenoxy) is 3. The first-order valence-electron chi connectivity index (χ1n) is 7.43. The Morgan fingerprint density at radius 3 is 2.40 bits per heavy atom. The Labute approximate surface area is 150 Å². The molecule has 0 aliphatic carbocycles. The highest BCUT2D eigenvalue weighted by atomic mass is 35.5. The van der Waals surface area contributed by atoms with E-state index in [0.717, 1.165) is 0 Å². The van der Waals surface area contributed by atoms with Gasteiger partial charge in [0, 0.05) is 18.7 Å². The van der Waals surface area contributed by atoms with Crippen molar-refractivity contribution in [3.63, 3.8) is 0 Å². The number of nitrogens with one attached hydrogen (secondary N) is 2. The third-order valence-electron chi connectivity index (χ3n) is 2.86. The fourth-order valence-electron chi connectivity index (χ4n) is 1.62. The predicted molar refractivity (Wildman–Crippen MR) is 90.5 cm³/mol. The summed E-state index contributed by atoms with van der Waals surface area (Å²) in [6, 6.07) is 5.75. The Balaban J connectivity index is 2.42. The van der Waals surface area contributed by atoms with Crippen LogP contribution >= 0.6 is 11.6 Å². The summed E-state index contributed by atoms with van der Waals surface area (Å²) < 4.78 is 15.2. The van der Waals surface area contributed by atoms with Crippen LogP contribution in [-0.2, 0) is 19.1 Å². The van der Waals surface area contributed by atoms with E-state index in [2.05, 4.69) is 5.32 Å². The molecule has 8 nitrogen and oxygen atoms in total. The van der Waals surface area contributed by atoms with E-state index in [9.17, 15) is 14.4 Å². The Morgan fingerprint density at radius 2 is 1.80 bits per heavy atom. The topological polar surface area (TPSA) is 103 Å². The number of carbonyl (C=O) groups is 3. The average Bonchev–Trinajstić information content (AvgIpc) is 2.54. The van der Waals surface area contributed by atoms with Crippen LogP contribution in [0.3, 0.4) is 0 Å². The summed E-state index contributed by atoms with van der Waals surface area (Å²) in [7, 11) is 1.48. The van der Waals surface area contributed by atoms with Crippen molar-refractivity contribution >= 4 is 29.5 Å². The minimum absolute atomic E-state index is 0.247. The van der Waals surface area contributed by atoms with E-state index in [1.165, 1.54) is 21.0 Å². The van der Waals surface area contributed by atoms with Crippen molar-refractivity contribution in [2.75, 3.05) is 26.9 Å². The molecule has 0 fully saturated rings. The molecular formula is C16H21ClN2O6. The monoisotopic (exact) mass is 372 g/mol. The maximum atomic E-state index is 12.1. The van der Waals surface area contributed by atoms with Crippen molar-refractivity contribution in [1.29, 1.82) is 0 Å². The van der Waals surface area contributed by atoms with Crippen molar-refractivity contribution in [3.05, 3.63) is 29.3 Å². The molecule has 0 bridgehead atoms. The summed E-state index contributed by atoms with van der Waals surface area (Å²) in [6.07, 6.45) is 0. The molecule has 0 atom stereocenters. The lowest BCUT2D eigenvalue weighted by atomic mass is 10.1. The van der Waals surface area contributed by atoms with E-state index in [0.29, 0.717) is 17.4 Å². The quantitative estimate of drug-likeness (QED) is 0.529. The molecule has 0 radical (unpaired) electrons. The highest BCUT2D eigenvalue weighted by Gasteiger charge is 2.32. The van der Waals surface area contributed by atoms with E-state index in [1.54, 1.807) is 24.3 Å². The lowest BCUT2D eigenvalue weighted by Gasteiger charge is -2.24. The Kier molecular flexibility index (Phi) is 8.17. The maximum absolute atomic E-state index is 12.1. The number of amides is 3. The zero-order valence-corrected chi connectivity index (χ0v) is 15.0. The second-order valence-electron chi connectivity index (χ2n) is 5.44. The molecule has 138 valence electrons. The van der Waals surface area contributed by atoms with Crippen LogP contribution in [0.15, 0.2) is 24.3 Å². The van der Waals surface area contributed by atoms with E-state index < -0.39 is 30.1 Å². The van der Waals surface area contributed by atoms with Gasteiger partial charge in [0.05, 0.1) is 6.61 Å². The number of carbonyl (C=O) groups excluding carboxylic acids is 3. The third-order valence-corrected chi connectivity index (χ3v) is 3.11. The lowest BCUT2D eigenvalue weighted by Crippen LogP contribution is -2.44. The summed E-state index contributed by atoms with van der Waals surface area (Å²) >= 11 is 5.78. The lowest BCUT2D eigenvalue weighted by molar-refractivity contribution is -0.161. The third kappa shape index (κ3) is 7.86. The molecule has 0 saturated heterocycles. The summed E-state index contributed by atoms with van der Waals surface area (Å²) in [5.74, 6) is -1.09. The van der Waals surface area contributed by atoms with Crippen LogP contribution in [0.25, 0.3) is 0 Å². The van der Waals surface area contributed by atoms with Gasteiger partial charge in [-0.2, -0.15) is 0 Å². The molecule has 0 spiro atoms. The van der Waals surface area contributed by atoms with Crippen LogP contribution in [0.4, 0.5) is 4.79 Å². The van der Waals surface area contributed by atoms with Gasteiger partial charge in [-0.1, -0.05) is 11.6 Å². The first kappa shape index (κ1) is 20.7. The van der Waals surface area contributed by atoms with Crippen molar-refractivity contribution in [2.45, 2.75) is 19.4 Å². The number of hydrogen-bond donors (Lipinski definition) is 2. The molecule has 0 aliphatic rings. The van der Waals surface area contributed by atoms with Gasteiger partial charge in [0.15, 0.2) is 12.2 Å². The molecule has 9 heteroatoms. The zero-order chi connectivity index (χ0) is 18.9. The van der Waals surface area contributed by atoms with Crippen molar-refractivity contribution in [1.82, 2.24) is 10.6 Å². The minimum Gasteiger partial charge on any atom is -0.476 e. The summed E-state index contributed by atoms with van der Waals surface area (Å²) in [5.41, 5.74) is -1.32. The molecule has 25 heavy (non-hydrogen) atoms. The zero-order valence-electron chi connectivity index (χ0n) is 14.3. The molecule has 0 heterocycles. The van der Waals surface area contributed by atoms with Crippen LogP contribution in [0, 0.1) is 0 Å². The fourth-order valence-corrected chi connectivity index (χ4v) is 1.74. The molecular weight excluding hydrogens is 352 g/mol. The van der Waals surface area contributed by atoms with Crippen LogP contribution in [0.5, 0.6) is 5.75 Å². The van der Waals surface area contributed by atoms with Crippen LogP contribution in [-0.4, -0.2) is 50.4 Å². The standard InChI is InChI=1S/C16H21ClN2O6/c1-16(2,25-12-6-4-11(17)5-7-12)14(21)24-10-13(20)19-15(22)18-8-9-23-3/h4-7H,8-10H2,1-3H3,(H2,18,19,20,22). The van der Waals surface area contributed by atoms with Gasteiger partial charge in [-0.25, -0.2) is 9.59 Å². The Morgan fingerprint density at radius 1 is 1.16 bits per heavy atom. The average molecular weight is 373 g/mol. The summed E-state index contributed by atoms with van der Waals surface area (Å²) in [4.78, 5) is 35.0. The molecule has 3 amide bonds. The van der Waals surface area contributed by atoms with E-state index in [-0.39, 0.29) is 6.54 Å². The number of benzene rings is 1. The SMILES string of the molecule is COCCNC(=O)NC(=O)COC(=O)C(C)(C)Oc1ccc(Cl)cc1. The minimum atomic E-state index is -1.32. The van der Waals surface area contributed by atoms with Gasteiger partial charge in [0.25, 0.3) is 5.91 Å². The number of rotatable bonds is 8. The molecule has 1 aromatic rings. The molecule has 1 rings (SSSR count). The van der Waals surface area contributed by atoms with Gasteiger partial charge in [-0.3, -0.25) is 10.1 Å². The smallest absolute Gasteiger partial charge is 0.350 e. The Bertz CT molecular complexity index is 603. The number of hydrogen-bond acceptors (Lipinski definition) is 6. The van der Waals surface area contributed by atoms with Crippen molar-refractivity contribution in [2.24, 2.45) is 0 Å². The number of urea groups is 1. The normalized spacial score (nSPS) is 10.7.